The maximum Gasteiger partial charge on any atom is 0.191 e. The molecule has 0 spiro atoms. The molecule has 0 saturated carbocycles. The SMILES string of the molecule is CN=C(NCCS(C)(=O)=O)NCc1oc2ccccc2c1C.I. The molecule has 23 heavy (non-hydrogen) atoms. The van der Waals surface area contributed by atoms with Gasteiger partial charge in [-0.15, -0.1) is 24.0 Å². The number of sulfone groups is 1. The molecule has 0 aliphatic rings. The minimum absolute atomic E-state index is 0. The highest BCUT2D eigenvalue weighted by Crippen LogP contribution is 2.24. The maximum absolute atomic E-state index is 11.1. The second kappa shape index (κ2) is 8.53. The second-order valence-electron chi connectivity index (χ2n) is 5.13. The summed E-state index contributed by atoms with van der Waals surface area (Å²) in [5.74, 6) is 1.45. The van der Waals surface area contributed by atoms with Gasteiger partial charge in [-0.2, -0.15) is 0 Å². The van der Waals surface area contributed by atoms with Crippen molar-refractivity contribution < 1.29 is 12.8 Å². The van der Waals surface area contributed by atoms with Gasteiger partial charge in [0.05, 0.1) is 12.3 Å². The van der Waals surface area contributed by atoms with Crippen molar-refractivity contribution in [1.82, 2.24) is 10.6 Å². The zero-order chi connectivity index (χ0) is 16.2. The molecule has 0 aliphatic carbocycles. The standard InChI is InChI=1S/C15H21N3O3S.HI/c1-11-12-6-4-5-7-13(12)21-14(11)10-18-15(16-2)17-8-9-22(3,19)20;/h4-7H,8-10H2,1-3H3,(H2,16,17,18);1H. The van der Waals surface area contributed by atoms with Gasteiger partial charge in [0.15, 0.2) is 5.96 Å². The van der Waals surface area contributed by atoms with Crippen molar-refractivity contribution in [3.63, 3.8) is 0 Å². The minimum atomic E-state index is -2.98. The van der Waals surface area contributed by atoms with Crippen LogP contribution in [0.4, 0.5) is 0 Å². The third-order valence-corrected chi connectivity index (χ3v) is 4.29. The first-order valence-corrected chi connectivity index (χ1v) is 9.06. The number of guanidine groups is 1. The van der Waals surface area contributed by atoms with E-state index in [2.05, 4.69) is 15.6 Å². The Balaban J connectivity index is 0.00000264. The molecule has 1 aromatic heterocycles. The lowest BCUT2D eigenvalue weighted by atomic mass is 10.1. The highest BCUT2D eigenvalue weighted by Gasteiger charge is 2.10. The number of hydrogen-bond acceptors (Lipinski definition) is 4. The smallest absolute Gasteiger partial charge is 0.191 e. The third-order valence-electron chi connectivity index (χ3n) is 3.35. The summed E-state index contributed by atoms with van der Waals surface area (Å²) in [4.78, 5) is 4.06. The normalized spacial score (nSPS) is 12.0. The number of fused-ring (bicyclic) bond motifs is 1. The Kier molecular flexibility index (Phi) is 7.33. The average molecular weight is 451 g/mol. The van der Waals surface area contributed by atoms with Crippen molar-refractivity contribution in [1.29, 1.82) is 0 Å². The van der Waals surface area contributed by atoms with Crippen LogP contribution in [0.15, 0.2) is 33.7 Å². The zero-order valence-electron chi connectivity index (χ0n) is 13.4. The van der Waals surface area contributed by atoms with Crippen LogP contribution in [0.5, 0.6) is 0 Å². The van der Waals surface area contributed by atoms with Gasteiger partial charge in [0.1, 0.15) is 21.2 Å². The first kappa shape index (κ1) is 19.8. The van der Waals surface area contributed by atoms with Gasteiger partial charge >= 0.3 is 0 Å². The Hall–Kier alpha value is -1.29. The summed E-state index contributed by atoms with van der Waals surface area (Å²) in [6.45, 7) is 2.82. The fourth-order valence-corrected chi connectivity index (χ4v) is 2.61. The third kappa shape index (κ3) is 5.69. The van der Waals surface area contributed by atoms with Gasteiger partial charge in [0.25, 0.3) is 0 Å². The summed E-state index contributed by atoms with van der Waals surface area (Å²) in [6.07, 6.45) is 1.21. The molecular formula is C15H22IN3O3S. The number of aliphatic imine (C=N–C) groups is 1. The summed E-state index contributed by atoms with van der Waals surface area (Å²) < 4.78 is 28.0. The van der Waals surface area contributed by atoms with Crippen LogP contribution >= 0.6 is 24.0 Å². The molecular weight excluding hydrogens is 429 g/mol. The van der Waals surface area contributed by atoms with Gasteiger partial charge in [-0.25, -0.2) is 8.42 Å². The van der Waals surface area contributed by atoms with Crippen LogP contribution < -0.4 is 10.6 Å². The van der Waals surface area contributed by atoms with Gasteiger partial charge in [0, 0.05) is 30.8 Å². The van der Waals surface area contributed by atoms with E-state index >= 15 is 0 Å². The van der Waals surface area contributed by atoms with E-state index in [4.69, 9.17) is 4.42 Å². The lowest BCUT2D eigenvalue weighted by molar-refractivity contribution is 0.534. The van der Waals surface area contributed by atoms with Crippen LogP contribution in [0.3, 0.4) is 0 Å². The first-order valence-electron chi connectivity index (χ1n) is 7.00. The number of rotatable bonds is 5. The second-order valence-corrected chi connectivity index (χ2v) is 7.39. The average Bonchev–Trinajstić information content (AvgIpc) is 2.78. The van der Waals surface area contributed by atoms with Crippen molar-refractivity contribution in [3.8, 4) is 0 Å². The van der Waals surface area contributed by atoms with Crippen LogP contribution in [0.2, 0.25) is 0 Å². The van der Waals surface area contributed by atoms with Crippen molar-refractivity contribution in [2.45, 2.75) is 13.5 Å². The minimum Gasteiger partial charge on any atom is -0.459 e. The number of aryl methyl sites for hydroxylation is 1. The Morgan fingerprint density at radius 1 is 1.26 bits per heavy atom. The molecule has 0 fully saturated rings. The van der Waals surface area contributed by atoms with Gasteiger partial charge in [-0.3, -0.25) is 4.99 Å². The van der Waals surface area contributed by atoms with Gasteiger partial charge in [0.2, 0.25) is 0 Å². The molecule has 128 valence electrons. The number of halogens is 1. The summed E-state index contributed by atoms with van der Waals surface area (Å²) in [6, 6.07) is 7.88. The van der Waals surface area contributed by atoms with E-state index in [9.17, 15) is 8.42 Å². The summed E-state index contributed by atoms with van der Waals surface area (Å²) in [5, 5.41) is 7.19. The van der Waals surface area contributed by atoms with Crippen molar-refractivity contribution in [2.24, 2.45) is 4.99 Å². The van der Waals surface area contributed by atoms with E-state index in [1.807, 2.05) is 31.2 Å². The van der Waals surface area contributed by atoms with Gasteiger partial charge < -0.3 is 15.1 Å². The molecule has 8 heteroatoms. The fraction of sp³-hybridized carbons (Fsp3) is 0.400. The monoisotopic (exact) mass is 451 g/mol. The molecule has 0 bridgehead atoms. The molecule has 6 nitrogen and oxygen atoms in total. The molecule has 1 aromatic carbocycles. The Bertz CT molecular complexity index is 784. The summed E-state index contributed by atoms with van der Waals surface area (Å²) in [5.41, 5.74) is 1.95. The highest BCUT2D eigenvalue weighted by molar-refractivity contribution is 14.0. The number of hydrogen-bond donors (Lipinski definition) is 2. The lowest BCUT2D eigenvalue weighted by Crippen LogP contribution is -2.39. The number of nitrogens with zero attached hydrogens (tertiary/aromatic N) is 1. The Morgan fingerprint density at radius 2 is 1.96 bits per heavy atom. The topological polar surface area (TPSA) is 83.7 Å². The lowest BCUT2D eigenvalue weighted by Gasteiger charge is -2.10. The maximum atomic E-state index is 11.1. The molecule has 1 heterocycles. The molecule has 0 atom stereocenters. The molecule has 2 N–H and O–H groups in total. The van der Waals surface area contributed by atoms with Crippen molar-refractivity contribution >= 4 is 50.7 Å². The number of benzene rings is 1. The van der Waals surface area contributed by atoms with E-state index in [1.54, 1.807) is 7.05 Å². The Labute approximate surface area is 153 Å². The number of nitrogens with one attached hydrogen (secondary N) is 2. The van der Waals surface area contributed by atoms with Crippen molar-refractivity contribution in [3.05, 3.63) is 35.6 Å². The van der Waals surface area contributed by atoms with Gasteiger partial charge in [-0.1, -0.05) is 18.2 Å². The highest BCUT2D eigenvalue weighted by atomic mass is 127. The van der Waals surface area contributed by atoms with Crippen LogP contribution in [-0.2, 0) is 16.4 Å². The van der Waals surface area contributed by atoms with E-state index < -0.39 is 9.84 Å². The quantitative estimate of drug-likeness (QED) is 0.413. The summed E-state index contributed by atoms with van der Waals surface area (Å²) >= 11 is 0. The van der Waals surface area contributed by atoms with E-state index in [1.165, 1.54) is 6.26 Å². The number of furan rings is 1. The van der Waals surface area contributed by atoms with Crippen LogP contribution in [-0.4, -0.2) is 40.0 Å². The predicted molar refractivity (Wildman–Crippen MR) is 104 cm³/mol. The first-order chi connectivity index (χ1) is 10.4. The fourth-order valence-electron chi connectivity index (χ4n) is 2.13. The van der Waals surface area contributed by atoms with Crippen LogP contribution in [0.25, 0.3) is 11.0 Å². The molecule has 0 unspecified atom stereocenters. The predicted octanol–water partition coefficient (Wildman–Crippen LogP) is 2.07. The molecule has 2 aromatic rings. The molecule has 0 saturated heterocycles. The van der Waals surface area contributed by atoms with E-state index in [0.717, 1.165) is 22.3 Å². The zero-order valence-corrected chi connectivity index (χ0v) is 16.6. The van der Waals surface area contributed by atoms with Crippen LogP contribution in [0, 0.1) is 6.92 Å². The van der Waals surface area contributed by atoms with Crippen LogP contribution in [0.1, 0.15) is 11.3 Å². The van der Waals surface area contributed by atoms with E-state index in [-0.39, 0.29) is 29.7 Å². The van der Waals surface area contributed by atoms with Crippen molar-refractivity contribution in [2.75, 3.05) is 25.6 Å². The molecule has 0 aliphatic heterocycles. The Morgan fingerprint density at radius 3 is 2.57 bits per heavy atom. The molecule has 2 rings (SSSR count). The molecule has 0 amide bonds. The van der Waals surface area contributed by atoms with Gasteiger partial charge in [-0.05, 0) is 13.0 Å². The summed E-state index contributed by atoms with van der Waals surface area (Å²) in [7, 11) is -1.34. The number of para-hydroxylation sites is 1. The molecule has 0 radical (unpaired) electrons. The van der Waals surface area contributed by atoms with E-state index in [0.29, 0.717) is 19.0 Å². The largest absolute Gasteiger partial charge is 0.459 e.